The fraction of sp³-hybridized carbons (Fsp3) is 0.533. The number of halogens is 2. The van der Waals surface area contributed by atoms with E-state index in [-0.39, 0.29) is 12.0 Å². The second-order valence-corrected chi connectivity index (χ2v) is 8.90. The van der Waals surface area contributed by atoms with Gasteiger partial charge in [-0.2, -0.15) is 0 Å². The molecule has 2 heterocycles. The lowest BCUT2D eigenvalue weighted by molar-refractivity contribution is -0.115. The van der Waals surface area contributed by atoms with Gasteiger partial charge in [0.15, 0.2) is 3.23 Å². The number of amides is 1. The molecule has 2 aliphatic rings. The average molecular weight is 418 g/mol. The number of rotatable bonds is 3. The van der Waals surface area contributed by atoms with Gasteiger partial charge in [0.05, 0.1) is 12.7 Å². The maximum atomic E-state index is 12.1. The van der Waals surface area contributed by atoms with Crippen molar-refractivity contribution >= 4 is 43.5 Å². The van der Waals surface area contributed by atoms with Gasteiger partial charge in [-0.15, -0.1) is 0 Å². The van der Waals surface area contributed by atoms with Crippen LogP contribution >= 0.6 is 31.9 Å². The zero-order chi connectivity index (χ0) is 15.0. The zero-order valence-corrected chi connectivity index (χ0v) is 15.0. The second kappa shape index (κ2) is 5.99. The van der Waals surface area contributed by atoms with Crippen LogP contribution in [0.5, 0.6) is 0 Å². The third kappa shape index (κ3) is 2.79. The number of fused-ring (bicyclic) bond motifs is 1. The summed E-state index contributed by atoms with van der Waals surface area (Å²) in [7, 11) is 0. The molecule has 1 amide bonds. The van der Waals surface area contributed by atoms with Crippen molar-refractivity contribution in [3.8, 4) is 0 Å². The summed E-state index contributed by atoms with van der Waals surface area (Å²) in [5.41, 5.74) is 2.86. The quantitative estimate of drug-likeness (QED) is 0.766. The molecular weight excluding hydrogens is 400 g/mol. The van der Waals surface area contributed by atoms with E-state index in [1.165, 1.54) is 0 Å². The highest BCUT2D eigenvalue weighted by atomic mass is 79.9. The minimum atomic E-state index is -0.859. The number of anilines is 1. The average Bonchev–Trinajstić information content (AvgIpc) is 2.70. The van der Waals surface area contributed by atoms with Crippen molar-refractivity contribution in [3.63, 3.8) is 0 Å². The van der Waals surface area contributed by atoms with Gasteiger partial charge in [0.1, 0.15) is 0 Å². The Morgan fingerprint density at radius 1 is 1.48 bits per heavy atom. The van der Waals surface area contributed by atoms with Crippen LogP contribution < -0.4 is 5.32 Å². The molecule has 0 saturated carbocycles. The van der Waals surface area contributed by atoms with Gasteiger partial charge in [-0.25, -0.2) is 0 Å². The Labute approximate surface area is 141 Å². The molecule has 1 saturated heterocycles. The van der Waals surface area contributed by atoms with Gasteiger partial charge in [-0.1, -0.05) is 50.9 Å². The van der Waals surface area contributed by atoms with Crippen LogP contribution in [0.25, 0.3) is 0 Å². The van der Waals surface area contributed by atoms with E-state index in [0.29, 0.717) is 0 Å². The topological polar surface area (TPSA) is 41.6 Å². The Morgan fingerprint density at radius 3 is 3.05 bits per heavy atom. The van der Waals surface area contributed by atoms with Crippen molar-refractivity contribution in [2.75, 3.05) is 31.6 Å². The van der Waals surface area contributed by atoms with Crippen molar-refractivity contribution in [2.24, 2.45) is 0 Å². The fourth-order valence-corrected chi connectivity index (χ4v) is 4.10. The predicted molar refractivity (Wildman–Crippen MR) is 90.0 cm³/mol. The molecule has 114 valence electrons. The van der Waals surface area contributed by atoms with Gasteiger partial charge in [0.2, 0.25) is 0 Å². The molecule has 1 unspecified atom stereocenters. The van der Waals surface area contributed by atoms with Crippen LogP contribution in [0.4, 0.5) is 5.69 Å². The maximum Gasteiger partial charge on any atom is 0.256 e. The summed E-state index contributed by atoms with van der Waals surface area (Å²) in [4.78, 5) is 14.5. The number of alkyl halides is 2. The van der Waals surface area contributed by atoms with Gasteiger partial charge < -0.3 is 10.1 Å². The van der Waals surface area contributed by atoms with E-state index < -0.39 is 3.23 Å². The van der Waals surface area contributed by atoms with Crippen molar-refractivity contribution in [1.29, 1.82) is 0 Å². The van der Waals surface area contributed by atoms with E-state index in [4.69, 9.17) is 4.74 Å². The minimum Gasteiger partial charge on any atom is -0.371 e. The van der Waals surface area contributed by atoms with Gasteiger partial charge in [-0.05, 0) is 24.6 Å². The number of carbonyl (C=O) groups is 1. The van der Waals surface area contributed by atoms with Crippen LogP contribution in [0.1, 0.15) is 30.6 Å². The molecule has 0 bridgehead atoms. The molecule has 1 atom stereocenters. The number of nitrogens with one attached hydrogen (secondary N) is 1. The Morgan fingerprint density at radius 2 is 2.29 bits per heavy atom. The number of morpholine rings is 1. The minimum absolute atomic E-state index is 0.00225. The van der Waals surface area contributed by atoms with Gasteiger partial charge in [0, 0.05) is 24.3 Å². The number of nitrogens with zero attached hydrogens (tertiary/aromatic N) is 1. The van der Waals surface area contributed by atoms with E-state index in [0.717, 1.165) is 49.5 Å². The van der Waals surface area contributed by atoms with E-state index in [9.17, 15) is 4.79 Å². The maximum absolute atomic E-state index is 12.1. The van der Waals surface area contributed by atoms with E-state index in [1.807, 2.05) is 12.1 Å². The second-order valence-electron chi connectivity index (χ2n) is 5.46. The Kier molecular flexibility index (Phi) is 4.41. The number of ether oxygens (including phenoxy) is 1. The van der Waals surface area contributed by atoms with Crippen molar-refractivity contribution in [1.82, 2.24) is 4.90 Å². The molecule has 21 heavy (non-hydrogen) atoms. The molecule has 0 radical (unpaired) electrons. The first-order valence-electron chi connectivity index (χ1n) is 7.20. The summed E-state index contributed by atoms with van der Waals surface area (Å²) in [6.07, 6.45) is 1.14. The summed E-state index contributed by atoms with van der Waals surface area (Å²) < 4.78 is 5.11. The van der Waals surface area contributed by atoms with Crippen molar-refractivity contribution in [2.45, 2.75) is 22.7 Å². The molecule has 2 aliphatic heterocycles. The molecule has 1 fully saturated rings. The molecule has 4 nitrogen and oxygen atoms in total. The molecule has 0 aromatic heterocycles. The first-order valence-corrected chi connectivity index (χ1v) is 8.79. The van der Waals surface area contributed by atoms with Crippen LogP contribution in [0.2, 0.25) is 0 Å². The zero-order valence-electron chi connectivity index (χ0n) is 11.9. The SMILES string of the molecule is CCCN1CCOC(c2cccc3c2C(Br)(Br)C(=O)N3)C1. The lowest BCUT2D eigenvalue weighted by atomic mass is 9.98. The predicted octanol–water partition coefficient (Wildman–Crippen LogP) is 3.36. The summed E-state index contributed by atoms with van der Waals surface area (Å²) in [6, 6.07) is 5.95. The summed E-state index contributed by atoms with van der Waals surface area (Å²) in [5, 5.41) is 2.90. The van der Waals surface area contributed by atoms with Crippen LogP contribution in [0.3, 0.4) is 0 Å². The third-order valence-corrected chi connectivity index (χ3v) is 5.49. The molecule has 3 rings (SSSR count). The molecule has 1 aromatic carbocycles. The van der Waals surface area contributed by atoms with Crippen molar-refractivity contribution < 1.29 is 9.53 Å². The summed E-state index contributed by atoms with van der Waals surface area (Å²) in [6.45, 7) is 5.85. The van der Waals surface area contributed by atoms with Crippen LogP contribution in [-0.4, -0.2) is 37.0 Å². The first-order chi connectivity index (χ1) is 10.0. The standard InChI is InChI=1S/C15H18Br2N2O2/c1-2-6-19-7-8-21-12(9-19)10-4-3-5-11-13(10)15(16,17)14(20)18-11/h3-5,12H,2,6-9H2,1H3,(H,18,20). The van der Waals surface area contributed by atoms with E-state index >= 15 is 0 Å². The molecular formula is C15H18Br2N2O2. The number of hydrogen-bond donors (Lipinski definition) is 1. The number of carbonyl (C=O) groups excluding carboxylic acids is 1. The van der Waals surface area contributed by atoms with Crippen LogP contribution in [0.15, 0.2) is 18.2 Å². The largest absolute Gasteiger partial charge is 0.371 e. The molecule has 6 heteroatoms. The molecule has 1 aromatic rings. The van der Waals surface area contributed by atoms with Crippen LogP contribution in [0, 0.1) is 0 Å². The fourth-order valence-electron chi connectivity index (χ4n) is 3.02. The highest BCUT2D eigenvalue weighted by Crippen LogP contribution is 2.50. The van der Waals surface area contributed by atoms with Gasteiger partial charge >= 0.3 is 0 Å². The Hall–Kier alpha value is -0.430. The summed E-state index contributed by atoms with van der Waals surface area (Å²) in [5.74, 6) is -0.0915. The van der Waals surface area contributed by atoms with E-state index in [1.54, 1.807) is 0 Å². The molecule has 0 spiro atoms. The van der Waals surface area contributed by atoms with Crippen LogP contribution in [-0.2, 0) is 12.8 Å². The smallest absolute Gasteiger partial charge is 0.256 e. The lowest BCUT2D eigenvalue weighted by Gasteiger charge is -2.34. The normalized spacial score (nSPS) is 24.7. The first kappa shape index (κ1) is 15.5. The number of hydrogen-bond acceptors (Lipinski definition) is 3. The van der Waals surface area contributed by atoms with E-state index in [2.05, 4.69) is 55.1 Å². The molecule has 1 N–H and O–H groups in total. The highest BCUT2D eigenvalue weighted by molar-refractivity contribution is 9.25. The highest BCUT2D eigenvalue weighted by Gasteiger charge is 2.45. The Bertz CT molecular complexity index is 561. The van der Waals surface area contributed by atoms with Gasteiger partial charge in [0.25, 0.3) is 5.91 Å². The van der Waals surface area contributed by atoms with Gasteiger partial charge in [-0.3, -0.25) is 9.69 Å². The third-order valence-electron chi connectivity index (χ3n) is 3.98. The Balaban J connectivity index is 1.94. The number of benzene rings is 1. The van der Waals surface area contributed by atoms with Crippen molar-refractivity contribution in [3.05, 3.63) is 29.3 Å². The summed E-state index contributed by atoms with van der Waals surface area (Å²) >= 11 is 7.01. The lowest BCUT2D eigenvalue weighted by Crippen LogP contribution is -2.39. The monoisotopic (exact) mass is 416 g/mol. The molecule has 0 aliphatic carbocycles.